The third-order valence-corrected chi connectivity index (χ3v) is 3.14. The number of aryl methyl sites for hydroxylation is 1. The Morgan fingerprint density at radius 2 is 2.39 bits per heavy atom. The summed E-state index contributed by atoms with van der Waals surface area (Å²) in [7, 11) is 1.66. The summed E-state index contributed by atoms with van der Waals surface area (Å²) in [6.07, 6.45) is 0. The molecule has 5 heteroatoms. The minimum absolute atomic E-state index is 0.0621. The average molecular weight is 252 g/mol. The van der Waals surface area contributed by atoms with Crippen molar-refractivity contribution in [2.75, 3.05) is 33.5 Å². The predicted molar refractivity (Wildman–Crippen MR) is 67.6 cm³/mol. The van der Waals surface area contributed by atoms with Crippen molar-refractivity contribution in [3.63, 3.8) is 0 Å². The average Bonchev–Trinajstić information content (AvgIpc) is 2.38. The largest absolute Gasteiger partial charge is 0.497 e. The molecule has 2 heterocycles. The van der Waals surface area contributed by atoms with Gasteiger partial charge in [-0.25, -0.2) is 0 Å². The van der Waals surface area contributed by atoms with E-state index in [0.29, 0.717) is 19.8 Å². The van der Waals surface area contributed by atoms with Gasteiger partial charge in [0.05, 0.1) is 38.7 Å². The molecule has 0 bridgehead atoms. The number of morpholine rings is 1. The maximum atomic E-state index is 9.33. The van der Waals surface area contributed by atoms with Gasteiger partial charge in [-0.3, -0.25) is 9.88 Å². The first-order chi connectivity index (χ1) is 8.72. The predicted octanol–water partition coefficient (Wildman–Crippen LogP) is 0.592. The lowest BCUT2D eigenvalue weighted by Crippen LogP contribution is -2.46. The molecule has 0 radical (unpaired) electrons. The first-order valence-electron chi connectivity index (χ1n) is 6.17. The molecule has 0 aliphatic carbocycles. The van der Waals surface area contributed by atoms with Gasteiger partial charge in [0.1, 0.15) is 5.75 Å². The van der Waals surface area contributed by atoms with Gasteiger partial charge in [0.15, 0.2) is 0 Å². The van der Waals surface area contributed by atoms with Crippen LogP contribution in [0.1, 0.15) is 11.4 Å². The van der Waals surface area contributed by atoms with Gasteiger partial charge in [-0.15, -0.1) is 0 Å². The quantitative estimate of drug-likeness (QED) is 0.850. The molecule has 0 amide bonds. The first-order valence-corrected chi connectivity index (χ1v) is 6.17. The number of rotatable bonds is 4. The van der Waals surface area contributed by atoms with E-state index in [1.165, 1.54) is 0 Å². The van der Waals surface area contributed by atoms with E-state index in [1.807, 2.05) is 19.1 Å². The van der Waals surface area contributed by atoms with Gasteiger partial charge in [0.25, 0.3) is 0 Å². The number of methoxy groups -OCH3 is 1. The van der Waals surface area contributed by atoms with E-state index < -0.39 is 0 Å². The Hall–Kier alpha value is -1.17. The summed E-state index contributed by atoms with van der Waals surface area (Å²) in [6.45, 7) is 4.90. The highest BCUT2D eigenvalue weighted by Gasteiger charge is 2.22. The summed E-state index contributed by atoms with van der Waals surface area (Å²) in [5.41, 5.74) is 1.91. The molecule has 1 N–H and O–H groups in total. The molecule has 2 rings (SSSR count). The molecule has 18 heavy (non-hydrogen) atoms. The molecule has 5 nitrogen and oxygen atoms in total. The Balaban J connectivity index is 2.09. The van der Waals surface area contributed by atoms with E-state index in [-0.39, 0.29) is 12.6 Å². The van der Waals surface area contributed by atoms with E-state index in [2.05, 4.69) is 9.88 Å². The Kier molecular flexibility index (Phi) is 4.52. The summed E-state index contributed by atoms with van der Waals surface area (Å²) >= 11 is 0. The molecule has 1 aromatic heterocycles. The Bertz CT molecular complexity index is 398. The molecular formula is C13H20N2O3. The van der Waals surface area contributed by atoms with Gasteiger partial charge in [-0.05, 0) is 6.92 Å². The molecule has 100 valence electrons. The molecule has 1 atom stereocenters. The van der Waals surface area contributed by atoms with E-state index >= 15 is 0 Å². The van der Waals surface area contributed by atoms with Gasteiger partial charge in [0, 0.05) is 30.9 Å². The lowest BCUT2D eigenvalue weighted by molar-refractivity contribution is -0.0317. The van der Waals surface area contributed by atoms with Crippen molar-refractivity contribution in [2.24, 2.45) is 0 Å². The van der Waals surface area contributed by atoms with Crippen LogP contribution in [0.2, 0.25) is 0 Å². The standard InChI is InChI=1S/C13H20N2O3/c1-10-5-13(17-2)6-11(14-10)7-15-3-4-18-9-12(15)8-16/h5-6,12,16H,3-4,7-9H2,1-2H3. The Labute approximate surface area is 107 Å². The summed E-state index contributed by atoms with van der Waals surface area (Å²) < 4.78 is 10.6. The van der Waals surface area contributed by atoms with Crippen molar-refractivity contribution in [2.45, 2.75) is 19.5 Å². The smallest absolute Gasteiger partial charge is 0.122 e. The number of hydrogen-bond donors (Lipinski definition) is 1. The Morgan fingerprint density at radius 3 is 3.11 bits per heavy atom. The van der Waals surface area contributed by atoms with Crippen LogP contribution >= 0.6 is 0 Å². The summed E-state index contributed by atoms with van der Waals surface area (Å²) in [4.78, 5) is 6.70. The van der Waals surface area contributed by atoms with Crippen molar-refractivity contribution in [3.8, 4) is 5.75 Å². The molecule has 1 aliphatic heterocycles. The van der Waals surface area contributed by atoms with Crippen LogP contribution in [0.5, 0.6) is 5.75 Å². The van der Waals surface area contributed by atoms with Gasteiger partial charge in [0.2, 0.25) is 0 Å². The third kappa shape index (κ3) is 3.19. The highest BCUT2D eigenvalue weighted by Crippen LogP contribution is 2.17. The van der Waals surface area contributed by atoms with Crippen LogP contribution in [0.15, 0.2) is 12.1 Å². The molecule has 0 saturated carbocycles. The van der Waals surface area contributed by atoms with Gasteiger partial charge in [-0.1, -0.05) is 0 Å². The van der Waals surface area contributed by atoms with Crippen molar-refractivity contribution >= 4 is 0 Å². The fourth-order valence-electron chi connectivity index (χ4n) is 2.18. The zero-order valence-corrected chi connectivity index (χ0v) is 10.9. The number of aliphatic hydroxyl groups excluding tert-OH is 1. The highest BCUT2D eigenvalue weighted by molar-refractivity contribution is 5.26. The lowest BCUT2D eigenvalue weighted by atomic mass is 10.2. The fourth-order valence-corrected chi connectivity index (χ4v) is 2.18. The molecule has 0 spiro atoms. The van der Waals surface area contributed by atoms with E-state index in [4.69, 9.17) is 9.47 Å². The summed E-state index contributed by atoms with van der Waals surface area (Å²) in [5.74, 6) is 0.825. The molecule has 1 aliphatic rings. The number of pyridine rings is 1. The first kappa shape index (κ1) is 13.3. The van der Waals surface area contributed by atoms with Crippen LogP contribution in [0.4, 0.5) is 0 Å². The van der Waals surface area contributed by atoms with Crippen molar-refractivity contribution in [3.05, 3.63) is 23.5 Å². The fraction of sp³-hybridized carbons (Fsp3) is 0.615. The van der Waals surface area contributed by atoms with E-state index in [0.717, 1.165) is 23.7 Å². The molecule has 1 unspecified atom stereocenters. The van der Waals surface area contributed by atoms with E-state index in [1.54, 1.807) is 7.11 Å². The highest BCUT2D eigenvalue weighted by atomic mass is 16.5. The van der Waals surface area contributed by atoms with Gasteiger partial charge < -0.3 is 14.6 Å². The SMILES string of the molecule is COc1cc(C)nc(CN2CCOCC2CO)c1. The molecule has 1 aromatic rings. The second-order valence-corrected chi connectivity index (χ2v) is 4.52. The molecule has 1 saturated heterocycles. The molecule has 1 fully saturated rings. The van der Waals surface area contributed by atoms with Crippen LogP contribution in [0, 0.1) is 6.92 Å². The maximum Gasteiger partial charge on any atom is 0.122 e. The zero-order valence-electron chi connectivity index (χ0n) is 10.9. The number of aliphatic hydroxyl groups is 1. The van der Waals surface area contributed by atoms with Crippen LogP contribution in [0.25, 0.3) is 0 Å². The number of hydrogen-bond acceptors (Lipinski definition) is 5. The third-order valence-electron chi connectivity index (χ3n) is 3.14. The number of ether oxygens (including phenoxy) is 2. The second-order valence-electron chi connectivity index (χ2n) is 4.52. The second kappa shape index (κ2) is 6.13. The molecule has 0 aromatic carbocycles. The van der Waals surface area contributed by atoms with Gasteiger partial charge in [-0.2, -0.15) is 0 Å². The van der Waals surface area contributed by atoms with Crippen LogP contribution in [-0.4, -0.2) is 54.5 Å². The summed E-state index contributed by atoms with van der Waals surface area (Å²) in [6, 6.07) is 3.91. The van der Waals surface area contributed by atoms with Crippen LogP contribution in [-0.2, 0) is 11.3 Å². The van der Waals surface area contributed by atoms with E-state index in [9.17, 15) is 5.11 Å². The molecular weight excluding hydrogens is 232 g/mol. The van der Waals surface area contributed by atoms with Crippen molar-refractivity contribution in [1.82, 2.24) is 9.88 Å². The van der Waals surface area contributed by atoms with Crippen LogP contribution < -0.4 is 4.74 Å². The van der Waals surface area contributed by atoms with Crippen LogP contribution in [0.3, 0.4) is 0 Å². The topological polar surface area (TPSA) is 54.8 Å². The van der Waals surface area contributed by atoms with Crippen molar-refractivity contribution in [1.29, 1.82) is 0 Å². The number of nitrogens with zero attached hydrogens (tertiary/aromatic N) is 2. The monoisotopic (exact) mass is 252 g/mol. The van der Waals surface area contributed by atoms with Gasteiger partial charge >= 0.3 is 0 Å². The summed E-state index contributed by atoms with van der Waals surface area (Å²) in [5, 5.41) is 9.33. The number of aromatic nitrogens is 1. The zero-order chi connectivity index (χ0) is 13.0. The minimum atomic E-state index is 0.0621. The normalized spacial score (nSPS) is 20.9. The minimum Gasteiger partial charge on any atom is -0.497 e. The Morgan fingerprint density at radius 1 is 1.56 bits per heavy atom. The maximum absolute atomic E-state index is 9.33. The van der Waals surface area contributed by atoms with Crippen molar-refractivity contribution < 1.29 is 14.6 Å². The lowest BCUT2D eigenvalue weighted by Gasteiger charge is -2.34.